The highest BCUT2D eigenvalue weighted by atomic mass is 16.5. The van der Waals surface area contributed by atoms with Gasteiger partial charge in [0.1, 0.15) is 5.75 Å². The second kappa shape index (κ2) is 6.45. The number of hydrogen-bond donors (Lipinski definition) is 2. The van der Waals surface area contributed by atoms with Crippen LogP contribution in [0.3, 0.4) is 0 Å². The number of benzene rings is 1. The van der Waals surface area contributed by atoms with Crippen LogP contribution in [0.4, 0.5) is 4.79 Å². The molecule has 0 radical (unpaired) electrons. The van der Waals surface area contributed by atoms with E-state index in [0.29, 0.717) is 5.75 Å². The van der Waals surface area contributed by atoms with E-state index in [-0.39, 0.29) is 11.6 Å². The minimum atomic E-state index is -1.21. The molecule has 1 saturated heterocycles. The molecular formula is C16H14N4O4. The molecule has 0 saturated carbocycles. The molecule has 0 bridgehead atoms. The molecule has 1 aromatic carbocycles. The van der Waals surface area contributed by atoms with Crippen molar-refractivity contribution >= 4 is 17.8 Å². The molecule has 122 valence electrons. The van der Waals surface area contributed by atoms with E-state index in [2.05, 4.69) is 16.9 Å². The van der Waals surface area contributed by atoms with Gasteiger partial charge in [-0.1, -0.05) is 19.1 Å². The first kappa shape index (κ1) is 15.6. The normalized spacial score (nSPS) is 15.0. The molecule has 1 aliphatic heterocycles. The molecule has 2 heterocycles. The lowest BCUT2D eigenvalue weighted by Crippen LogP contribution is -2.54. The zero-order valence-corrected chi connectivity index (χ0v) is 12.8. The van der Waals surface area contributed by atoms with Gasteiger partial charge in [0.05, 0.1) is 18.1 Å². The zero-order chi connectivity index (χ0) is 17.1. The van der Waals surface area contributed by atoms with E-state index in [1.165, 1.54) is 18.0 Å². The molecule has 8 nitrogen and oxygen atoms in total. The van der Waals surface area contributed by atoms with Crippen molar-refractivity contribution in [1.82, 2.24) is 20.6 Å². The minimum Gasteiger partial charge on any atom is -0.438 e. The summed E-state index contributed by atoms with van der Waals surface area (Å²) in [6.45, 7) is 2.06. The van der Waals surface area contributed by atoms with Crippen molar-refractivity contribution in [2.75, 3.05) is 0 Å². The molecule has 1 aromatic heterocycles. The van der Waals surface area contributed by atoms with Gasteiger partial charge in [0.15, 0.2) is 5.92 Å². The zero-order valence-electron chi connectivity index (χ0n) is 12.8. The van der Waals surface area contributed by atoms with Gasteiger partial charge in [-0.2, -0.15) is 0 Å². The molecule has 0 unspecified atom stereocenters. The summed E-state index contributed by atoms with van der Waals surface area (Å²) in [5.74, 6) is -1.85. The molecule has 0 spiro atoms. The fourth-order valence-electron chi connectivity index (χ4n) is 2.23. The highest BCUT2D eigenvalue weighted by Crippen LogP contribution is 2.21. The molecule has 2 N–H and O–H groups in total. The van der Waals surface area contributed by atoms with Crippen molar-refractivity contribution in [2.24, 2.45) is 0 Å². The van der Waals surface area contributed by atoms with E-state index in [1.807, 2.05) is 34.9 Å². The Hall–Kier alpha value is -3.29. The summed E-state index contributed by atoms with van der Waals surface area (Å²) >= 11 is 0. The number of aryl methyl sites for hydroxylation is 1. The van der Waals surface area contributed by atoms with E-state index in [4.69, 9.17) is 4.74 Å². The van der Waals surface area contributed by atoms with Crippen molar-refractivity contribution in [3.05, 3.63) is 47.9 Å². The third-order valence-corrected chi connectivity index (χ3v) is 3.50. The fraction of sp³-hybridized carbons (Fsp3) is 0.188. The van der Waals surface area contributed by atoms with Gasteiger partial charge in [-0.25, -0.2) is 9.78 Å². The molecule has 2 aromatic rings. The molecule has 1 aliphatic rings. The Bertz CT molecular complexity index is 767. The average Bonchev–Trinajstić information content (AvgIpc) is 2.56. The van der Waals surface area contributed by atoms with Crippen LogP contribution >= 0.6 is 0 Å². The van der Waals surface area contributed by atoms with E-state index in [9.17, 15) is 14.4 Å². The molecule has 0 atom stereocenters. The van der Waals surface area contributed by atoms with Gasteiger partial charge in [-0.15, -0.1) is 0 Å². The third-order valence-electron chi connectivity index (χ3n) is 3.50. The second-order valence-electron chi connectivity index (χ2n) is 5.12. The summed E-state index contributed by atoms with van der Waals surface area (Å²) in [5, 5.41) is 4.03. The Balaban J connectivity index is 1.74. The van der Waals surface area contributed by atoms with Crippen LogP contribution in [0.25, 0.3) is 0 Å². The number of imide groups is 2. The smallest absolute Gasteiger partial charge is 0.328 e. The number of aromatic nitrogens is 2. The van der Waals surface area contributed by atoms with Crippen LogP contribution in [0.1, 0.15) is 24.1 Å². The van der Waals surface area contributed by atoms with Crippen LogP contribution in [0.5, 0.6) is 11.6 Å². The van der Waals surface area contributed by atoms with Gasteiger partial charge in [-0.3, -0.25) is 25.2 Å². The van der Waals surface area contributed by atoms with Crippen molar-refractivity contribution in [3.63, 3.8) is 0 Å². The molecular weight excluding hydrogens is 312 g/mol. The molecule has 24 heavy (non-hydrogen) atoms. The van der Waals surface area contributed by atoms with Crippen LogP contribution < -0.4 is 15.4 Å². The van der Waals surface area contributed by atoms with Gasteiger partial charge >= 0.3 is 6.03 Å². The van der Waals surface area contributed by atoms with Crippen molar-refractivity contribution < 1.29 is 19.1 Å². The van der Waals surface area contributed by atoms with Gasteiger partial charge in [0.25, 0.3) is 0 Å². The van der Waals surface area contributed by atoms with E-state index < -0.39 is 23.8 Å². The predicted octanol–water partition coefficient (Wildman–Crippen LogP) is 1.28. The maximum Gasteiger partial charge on any atom is 0.328 e. The fourth-order valence-corrected chi connectivity index (χ4v) is 2.23. The first-order valence-electron chi connectivity index (χ1n) is 7.31. The summed E-state index contributed by atoms with van der Waals surface area (Å²) in [6.07, 6.45) is 3.53. The van der Waals surface area contributed by atoms with Gasteiger partial charge in [-0.05, 0) is 24.1 Å². The number of nitrogens with zero attached hydrogens (tertiary/aromatic N) is 2. The number of nitrogens with one attached hydrogen (secondary N) is 2. The Morgan fingerprint density at radius 1 is 1.00 bits per heavy atom. The predicted molar refractivity (Wildman–Crippen MR) is 82.3 cm³/mol. The van der Waals surface area contributed by atoms with Crippen molar-refractivity contribution in [1.29, 1.82) is 0 Å². The number of rotatable bonds is 4. The number of hydrogen-bond acceptors (Lipinski definition) is 6. The van der Waals surface area contributed by atoms with Crippen LogP contribution in [0, 0.1) is 0 Å². The first-order chi connectivity index (χ1) is 11.6. The number of carbonyl (C=O) groups is 3. The number of urea groups is 1. The number of amides is 4. The Labute approximate surface area is 137 Å². The van der Waals surface area contributed by atoms with Crippen LogP contribution in [0.2, 0.25) is 0 Å². The third kappa shape index (κ3) is 3.22. The highest BCUT2D eigenvalue weighted by Gasteiger charge is 2.36. The number of carbonyl (C=O) groups excluding carboxylic acids is 3. The molecule has 1 fully saturated rings. The lowest BCUT2D eigenvalue weighted by molar-refractivity contribution is -0.132. The van der Waals surface area contributed by atoms with E-state index in [0.717, 1.165) is 6.42 Å². The quantitative estimate of drug-likeness (QED) is 0.819. The Morgan fingerprint density at radius 3 is 2.21 bits per heavy atom. The largest absolute Gasteiger partial charge is 0.438 e. The number of barbiturate groups is 1. The molecule has 4 amide bonds. The van der Waals surface area contributed by atoms with E-state index >= 15 is 0 Å². The highest BCUT2D eigenvalue weighted by molar-refractivity contribution is 6.19. The summed E-state index contributed by atoms with van der Waals surface area (Å²) in [4.78, 5) is 42.7. The van der Waals surface area contributed by atoms with Gasteiger partial charge in [0, 0.05) is 0 Å². The molecule has 0 aliphatic carbocycles. The van der Waals surface area contributed by atoms with Crippen molar-refractivity contribution in [3.8, 4) is 11.6 Å². The monoisotopic (exact) mass is 326 g/mol. The van der Waals surface area contributed by atoms with Gasteiger partial charge < -0.3 is 4.74 Å². The summed E-state index contributed by atoms with van der Waals surface area (Å²) in [7, 11) is 0. The Morgan fingerprint density at radius 2 is 1.67 bits per heavy atom. The summed E-state index contributed by atoms with van der Waals surface area (Å²) in [6, 6.07) is 6.70. The number of ether oxygens (including phenoxy) is 1. The van der Waals surface area contributed by atoms with Crippen molar-refractivity contribution in [2.45, 2.75) is 19.3 Å². The maximum absolute atomic E-state index is 11.8. The molecule has 3 rings (SSSR count). The van der Waals surface area contributed by atoms with Crippen LogP contribution in [-0.2, 0) is 16.0 Å². The Kier molecular flexibility index (Phi) is 4.19. The summed E-state index contributed by atoms with van der Waals surface area (Å²) < 4.78 is 5.56. The first-order valence-corrected chi connectivity index (χ1v) is 7.31. The topological polar surface area (TPSA) is 110 Å². The average molecular weight is 326 g/mol. The van der Waals surface area contributed by atoms with Gasteiger partial charge in [0.2, 0.25) is 17.7 Å². The van der Waals surface area contributed by atoms with Crippen LogP contribution in [0.15, 0.2) is 36.7 Å². The second-order valence-corrected chi connectivity index (χ2v) is 5.12. The summed E-state index contributed by atoms with van der Waals surface area (Å²) in [5.41, 5.74) is 1.32. The standard InChI is InChI=1S/C16H14N4O4/c1-2-9-3-5-10(6-4-9)24-12-8-17-11(7-18-12)13-14(21)19-16(23)20-15(13)22/h3-8,13H,2H2,1H3,(H2,19,20,21,22,23). The van der Waals surface area contributed by atoms with Crippen LogP contribution in [-0.4, -0.2) is 27.8 Å². The minimum absolute atomic E-state index is 0.131. The van der Waals surface area contributed by atoms with E-state index in [1.54, 1.807) is 0 Å². The SMILES string of the molecule is CCc1ccc(Oc2cnc(C3C(=O)NC(=O)NC3=O)cn2)cc1. The maximum atomic E-state index is 11.8. The molecule has 8 heteroatoms. The lowest BCUT2D eigenvalue weighted by Gasteiger charge is -2.19. The lowest BCUT2D eigenvalue weighted by atomic mass is 10.0.